The molecule has 37 heavy (non-hydrogen) atoms. The normalized spacial score (nSPS) is 23.9. The molecule has 0 spiro atoms. The Morgan fingerprint density at radius 2 is 2.03 bits per heavy atom. The van der Waals surface area contributed by atoms with Gasteiger partial charge in [0.1, 0.15) is 18.2 Å². The highest BCUT2D eigenvalue weighted by molar-refractivity contribution is 6.06. The van der Waals surface area contributed by atoms with Crippen LogP contribution >= 0.6 is 0 Å². The van der Waals surface area contributed by atoms with Crippen molar-refractivity contribution in [3.63, 3.8) is 0 Å². The summed E-state index contributed by atoms with van der Waals surface area (Å²) in [6.07, 6.45) is 5.53. The lowest BCUT2D eigenvalue weighted by molar-refractivity contribution is 0.0140. The van der Waals surface area contributed by atoms with E-state index in [0.29, 0.717) is 30.6 Å². The van der Waals surface area contributed by atoms with E-state index < -0.39 is 17.3 Å². The van der Waals surface area contributed by atoms with E-state index in [0.717, 1.165) is 67.3 Å². The number of carbonyl (C=O) groups is 1. The molecule has 8 heteroatoms. The number of H-pyrrole nitrogens is 1. The van der Waals surface area contributed by atoms with Gasteiger partial charge in [0.15, 0.2) is 0 Å². The minimum Gasteiger partial charge on any atom is -0.491 e. The van der Waals surface area contributed by atoms with Gasteiger partial charge in [-0.1, -0.05) is 6.07 Å². The second-order valence-electron chi connectivity index (χ2n) is 10.7. The number of rotatable bonds is 8. The molecule has 1 atom stereocenters. The maximum Gasteiger partial charge on any atom is 0.258 e. The van der Waals surface area contributed by atoms with Gasteiger partial charge in [-0.15, -0.1) is 0 Å². The minimum atomic E-state index is -0.626. The maximum atomic E-state index is 14.7. The van der Waals surface area contributed by atoms with E-state index in [1.807, 2.05) is 26.0 Å². The van der Waals surface area contributed by atoms with Crippen molar-refractivity contribution in [1.82, 2.24) is 10.3 Å². The van der Waals surface area contributed by atoms with Crippen LogP contribution in [0.25, 0.3) is 10.9 Å². The fraction of sp³-hybridized carbons (Fsp3) is 0.483. The van der Waals surface area contributed by atoms with Crippen molar-refractivity contribution >= 4 is 22.5 Å². The quantitative estimate of drug-likeness (QED) is 0.334. The van der Waals surface area contributed by atoms with Gasteiger partial charge in [-0.3, -0.25) is 4.79 Å². The van der Waals surface area contributed by atoms with Crippen LogP contribution in [0.4, 0.5) is 10.1 Å². The first-order valence-corrected chi connectivity index (χ1v) is 13.2. The summed E-state index contributed by atoms with van der Waals surface area (Å²) >= 11 is 0. The maximum absolute atomic E-state index is 14.7. The Morgan fingerprint density at radius 3 is 2.76 bits per heavy atom. The number of aliphatic hydroxyl groups is 1. The second-order valence-corrected chi connectivity index (χ2v) is 10.7. The van der Waals surface area contributed by atoms with Gasteiger partial charge >= 0.3 is 0 Å². The molecule has 1 amide bonds. The van der Waals surface area contributed by atoms with Crippen LogP contribution in [-0.2, 0) is 11.3 Å². The molecule has 2 fully saturated rings. The van der Waals surface area contributed by atoms with Crippen LogP contribution in [0, 0.1) is 12.7 Å². The van der Waals surface area contributed by atoms with Crippen LogP contribution in [0.5, 0.6) is 5.75 Å². The highest BCUT2D eigenvalue weighted by Gasteiger charge is 2.28. The molecule has 0 radical (unpaired) electrons. The topological polar surface area (TPSA) is 95.6 Å². The summed E-state index contributed by atoms with van der Waals surface area (Å²) in [4.78, 5) is 16.3. The molecule has 1 saturated carbocycles. The van der Waals surface area contributed by atoms with E-state index >= 15 is 0 Å². The second kappa shape index (κ2) is 10.8. The Balaban J connectivity index is 1.21. The molecule has 7 nitrogen and oxygen atoms in total. The number of aromatic nitrogens is 1. The van der Waals surface area contributed by atoms with Gasteiger partial charge in [-0.2, -0.15) is 0 Å². The standard InChI is InChI=1S/C29H36FN3O4/c1-18-26(33-28(34)24-7-6-22(15-25(24)30)37-17-23-4-3-13-36-23)8-5-19-14-21(32-27(18)19)16-31-20-9-11-29(2,35)12-10-20/h5-8,14-15,20,23,31-32,35H,3-4,9-13,16-17H2,1-2H3,(H,33,34)/t20-,23-,29+/m0/s1. The largest absolute Gasteiger partial charge is 0.491 e. The summed E-state index contributed by atoms with van der Waals surface area (Å²) < 4.78 is 25.9. The highest BCUT2D eigenvalue weighted by Crippen LogP contribution is 2.29. The molecular weight excluding hydrogens is 473 g/mol. The van der Waals surface area contributed by atoms with Crippen LogP contribution in [0.15, 0.2) is 36.4 Å². The molecule has 3 aromatic rings. The van der Waals surface area contributed by atoms with E-state index in [4.69, 9.17) is 9.47 Å². The number of ether oxygens (including phenoxy) is 2. The summed E-state index contributed by atoms with van der Waals surface area (Å²) in [7, 11) is 0. The van der Waals surface area contributed by atoms with E-state index in [9.17, 15) is 14.3 Å². The molecule has 2 aromatic carbocycles. The van der Waals surface area contributed by atoms with Crippen LogP contribution < -0.4 is 15.4 Å². The van der Waals surface area contributed by atoms with E-state index in [-0.39, 0.29) is 11.7 Å². The lowest BCUT2D eigenvalue weighted by Gasteiger charge is -2.33. The van der Waals surface area contributed by atoms with Crippen LogP contribution in [0.2, 0.25) is 0 Å². The highest BCUT2D eigenvalue weighted by atomic mass is 19.1. The molecule has 0 unspecified atom stereocenters. The van der Waals surface area contributed by atoms with Crippen molar-refractivity contribution in [2.75, 3.05) is 18.5 Å². The Morgan fingerprint density at radius 1 is 1.22 bits per heavy atom. The number of benzene rings is 2. The van der Waals surface area contributed by atoms with Gasteiger partial charge in [0.25, 0.3) is 5.91 Å². The van der Waals surface area contributed by atoms with Gasteiger partial charge in [-0.25, -0.2) is 4.39 Å². The molecule has 1 saturated heterocycles. The van der Waals surface area contributed by atoms with Crippen LogP contribution in [0.1, 0.15) is 67.1 Å². The monoisotopic (exact) mass is 509 g/mol. The fourth-order valence-corrected chi connectivity index (χ4v) is 5.26. The van der Waals surface area contributed by atoms with Gasteiger partial charge in [0.2, 0.25) is 0 Å². The summed E-state index contributed by atoms with van der Waals surface area (Å²) in [5.41, 5.74) is 2.95. The van der Waals surface area contributed by atoms with E-state index in [2.05, 4.69) is 21.7 Å². The van der Waals surface area contributed by atoms with Crippen molar-refractivity contribution in [3.05, 3.63) is 59.0 Å². The lowest BCUT2D eigenvalue weighted by Crippen LogP contribution is -2.39. The number of fused-ring (bicyclic) bond motifs is 1. The minimum absolute atomic E-state index is 0.0354. The molecule has 2 heterocycles. The van der Waals surface area contributed by atoms with Crippen molar-refractivity contribution in [2.24, 2.45) is 0 Å². The summed E-state index contributed by atoms with van der Waals surface area (Å²) in [5, 5.41) is 17.7. The van der Waals surface area contributed by atoms with Crippen LogP contribution in [0.3, 0.4) is 0 Å². The molecule has 0 bridgehead atoms. The molecular formula is C29H36FN3O4. The number of anilines is 1. The number of aryl methyl sites for hydroxylation is 1. The number of nitrogens with one attached hydrogen (secondary N) is 3. The average molecular weight is 510 g/mol. The Labute approximate surface area is 216 Å². The molecule has 198 valence electrons. The predicted molar refractivity (Wildman–Crippen MR) is 142 cm³/mol. The molecule has 1 aliphatic heterocycles. The Kier molecular flexibility index (Phi) is 7.51. The van der Waals surface area contributed by atoms with Gasteiger partial charge < -0.3 is 30.2 Å². The summed E-state index contributed by atoms with van der Waals surface area (Å²) in [5.74, 6) is -0.751. The van der Waals surface area contributed by atoms with E-state index in [1.54, 1.807) is 6.07 Å². The number of aromatic amines is 1. The van der Waals surface area contributed by atoms with Gasteiger partial charge in [0.05, 0.1) is 22.8 Å². The van der Waals surface area contributed by atoms with Crippen molar-refractivity contribution < 1.29 is 23.8 Å². The molecule has 1 aliphatic carbocycles. The lowest BCUT2D eigenvalue weighted by atomic mass is 9.84. The van der Waals surface area contributed by atoms with Gasteiger partial charge in [-0.05, 0) is 82.2 Å². The zero-order valence-electron chi connectivity index (χ0n) is 21.5. The molecule has 4 N–H and O–H groups in total. The number of hydrogen-bond acceptors (Lipinski definition) is 5. The molecule has 1 aromatic heterocycles. The average Bonchev–Trinajstić information content (AvgIpc) is 3.54. The first-order valence-electron chi connectivity index (χ1n) is 13.2. The number of carbonyl (C=O) groups excluding carboxylic acids is 1. The third-order valence-corrected chi connectivity index (χ3v) is 7.65. The number of hydrogen-bond donors (Lipinski definition) is 4. The first-order chi connectivity index (χ1) is 17.8. The Bertz CT molecular complexity index is 1260. The zero-order valence-corrected chi connectivity index (χ0v) is 21.5. The van der Waals surface area contributed by atoms with Gasteiger partial charge in [0, 0.05) is 42.0 Å². The number of amides is 1. The van der Waals surface area contributed by atoms with Crippen LogP contribution in [-0.4, -0.2) is 47.0 Å². The third-order valence-electron chi connectivity index (χ3n) is 7.65. The molecule has 5 rings (SSSR count). The SMILES string of the molecule is Cc1c(NC(=O)c2ccc(OC[C@@H]3CCCO3)cc2F)ccc2cc(CN[C@H]3CC[C@@](C)(O)CC3)[nH]c12. The van der Waals surface area contributed by atoms with Crippen molar-refractivity contribution in [2.45, 2.75) is 76.7 Å². The molecule has 2 aliphatic rings. The van der Waals surface area contributed by atoms with Crippen molar-refractivity contribution in [1.29, 1.82) is 0 Å². The van der Waals surface area contributed by atoms with Crippen molar-refractivity contribution in [3.8, 4) is 5.75 Å². The van der Waals surface area contributed by atoms with E-state index in [1.165, 1.54) is 12.1 Å². The smallest absolute Gasteiger partial charge is 0.258 e. The number of halogens is 1. The first kappa shape index (κ1) is 25.7. The third kappa shape index (κ3) is 6.14. The fourth-order valence-electron chi connectivity index (χ4n) is 5.26. The summed E-state index contributed by atoms with van der Waals surface area (Å²) in [6.45, 7) is 5.66. The predicted octanol–water partition coefficient (Wildman–Crippen LogP) is 5.21. The Hall–Kier alpha value is -2.94. The summed E-state index contributed by atoms with van der Waals surface area (Å²) in [6, 6.07) is 10.6. The zero-order chi connectivity index (χ0) is 26.0.